The van der Waals surface area contributed by atoms with Gasteiger partial charge in [0.1, 0.15) is 5.75 Å². The number of nitrogens with zero attached hydrogens (tertiary/aromatic N) is 1. The number of aromatic amines is 1. The Hall–Kier alpha value is -2.56. The highest BCUT2D eigenvalue weighted by atomic mass is 16.4. The fraction of sp³-hybridized carbons (Fsp3) is 0. The molecule has 0 spiro atoms. The van der Waals surface area contributed by atoms with E-state index in [2.05, 4.69) is 9.97 Å². The van der Waals surface area contributed by atoms with Crippen molar-refractivity contribution in [3.8, 4) is 5.75 Å². The highest BCUT2D eigenvalue weighted by molar-refractivity contribution is 6.12. The van der Waals surface area contributed by atoms with Crippen LogP contribution >= 0.6 is 0 Å². The van der Waals surface area contributed by atoms with Crippen molar-refractivity contribution in [3.63, 3.8) is 0 Å². The summed E-state index contributed by atoms with van der Waals surface area (Å²) in [5, 5.41) is 20.0. The molecule has 3 N–H and O–H groups in total. The van der Waals surface area contributed by atoms with Gasteiger partial charge in [-0.15, -0.1) is 0 Å². The molecule has 2 heterocycles. The number of phenolic OH excluding ortho intramolecular Hbond substituents is 1. The number of phenols is 1. The van der Waals surface area contributed by atoms with Crippen LogP contribution in [0.15, 0.2) is 30.5 Å². The van der Waals surface area contributed by atoms with Crippen LogP contribution in [0.3, 0.4) is 0 Å². The zero-order chi connectivity index (χ0) is 12.0. The Balaban J connectivity index is 2.51. The van der Waals surface area contributed by atoms with E-state index in [0.29, 0.717) is 5.52 Å². The second-order valence-corrected chi connectivity index (χ2v) is 3.74. The van der Waals surface area contributed by atoms with Crippen LogP contribution in [0, 0.1) is 0 Å². The van der Waals surface area contributed by atoms with Crippen LogP contribution in [0.2, 0.25) is 0 Å². The maximum Gasteiger partial charge on any atom is 0.356 e. The molecule has 0 aliphatic heterocycles. The molecule has 0 amide bonds. The molecule has 5 nitrogen and oxygen atoms in total. The van der Waals surface area contributed by atoms with Gasteiger partial charge >= 0.3 is 5.97 Å². The molecule has 84 valence electrons. The zero-order valence-electron chi connectivity index (χ0n) is 8.64. The molecule has 1 aromatic carbocycles. The quantitative estimate of drug-likeness (QED) is 0.595. The van der Waals surface area contributed by atoms with Crippen molar-refractivity contribution in [2.75, 3.05) is 0 Å². The molecular formula is C12H8N2O3. The van der Waals surface area contributed by atoms with E-state index in [1.54, 1.807) is 24.3 Å². The first kappa shape index (κ1) is 9.65. The summed E-state index contributed by atoms with van der Waals surface area (Å²) in [5.41, 5.74) is 1.23. The third-order valence-electron chi connectivity index (χ3n) is 2.71. The van der Waals surface area contributed by atoms with Crippen LogP contribution in [-0.2, 0) is 0 Å². The van der Waals surface area contributed by atoms with E-state index in [9.17, 15) is 9.90 Å². The summed E-state index contributed by atoms with van der Waals surface area (Å²) >= 11 is 0. The molecule has 3 rings (SSSR count). The van der Waals surface area contributed by atoms with Crippen molar-refractivity contribution >= 4 is 27.8 Å². The molecule has 5 heteroatoms. The summed E-state index contributed by atoms with van der Waals surface area (Å²) < 4.78 is 0. The van der Waals surface area contributed by atoms with E-state index in [4.69, 9.17) is 5.11 Å². The number of pyridine rings is 1. The van der Waals surface area contributed by atoms with E-state index in [1.165, 1.54) is 6.20 Å². The molecule has 0 saturated carbocycles. The first-order valence-electron chi connectivity index (χ1n) is 4.99. The van der Waals surface area contributed by atoms with Crippen molar-refractivity contribution < 1.29 is 15.0 Å². The standard InChI is InChI=1S/C12H8N2O3/c15-6-1-2-9-8(5-6)7-3-4-13-11(12(16)17)10(7)14-9/h1-5,14-15H,(H,16,17). The third-order valence-corrected chi connectivity index (χ3v) is 2.71. The second-order valence-electron chi connectivity index (χ2n) is 3.74. The number of rotatable bonds is 1. The Morgan fingerprint density at radius 1 is 1.24 bits per heavy atom. The summed E-state index contributed by atoms with van der Waals surface area (Å²) in [6.07, 6.45) is 1.45. The number of benzene rings is 1. The SMILES string of the molecule is O=C(O)c1nccc2c1[nH]c1ccc(O)cc12. The molecule has 0 fully saturated rings. The van der Waals surface area contributed by atoms with Gasteiger partial charge in [0.15, 0.2) is 5.69 Å². The molecule has 0 unspecified atom stereocenters. The summed E-state index contributed by atoms with van der Waals surface area (Å²) in [6.45, 7) is 0. The van der Waals surface area contributed by atoms with Crippen LogP contribution in [-0.4, -0.2) is 26.2 Å². The van der Waals surface area contributed by atoms with Crippen LogP contribution in [0.4, 0.5) is 0 Å². The molecule has 0 atom stereocenters. The largest absolute Gasteiger partial charge is 0.508 e. The van der Waals surface area contributed by atoms with Gasteiger partial charge in [0.2, 0.25) is 0 Å². The molecule has 0 aliphatic rings. The van der Waals surface area contributed by atoms with Crippen molar-refractivity contribution in [1.82, 2.24) is 9.97 Å². The number of carboxylic acids is 1. The summed E-state index contributed by atoms with van der Waals surface area (Å²) in [6, 6.07) is 6.57. The topological polar surface area (TPSA) is 86.2 Å². The van der Waals surface area contributed by atoms with Gasteiger partial charge in [0.25, 0.3) is 0 Å². The Labute approximate surface area is 95.3 Å². The number of carbonyl (C=O) groups is 1. The molecule has 0 bridgehead atoms. The molecule has 0 aliphatic carbocycles. The highest BCUT2D eigenvalue weighted by Crippen LogP contribution is 2.29. The second kappa shape index (κ2) is 3.21. The van der Waals surface area contributed by atoms with E-state index in [-0.39, 0.29) is 11.4 Å². The van der Waals surface area contributed by atoms with Crippen LogP contribution in [0.1, 0.15) is 10.5 Å². The van der Waals surface area contributed by atoms with Gasteiger partial charge in [-0.1, -0.05) is 0 Å². The molecule has 3 aromatic rings. The Morgan fingerprint density at radius 3 is 2.82 bits per heavy atom. The van der Waals surface area contributed by atoms with Gasteiger partial charge in [0, 0.05) is 22.5 Å². The summed E-state index contributed by atoms with van der Waals surface area (Å²) in [5.74, 6) is -0.932. The lowest BCUT2D eigenvalue weighted by atomic mass is 10.1. The summed E-state index contributed by atoms with van der Waals surface area (Å²) in [4.78, 5) is 17.9. The number of hydrogen-bond donors (Lipinski definition) is 3. The van der Waals surface area contributed by atoms with Gasteiger partial charge in [-0.25, -0.2) is 9.78 Å². The highest BCUT2D eigenvalue weighted by Gasteiger charge is 2.14. The minimum Gasteiger partial charge on any atom is -0.508 e. The van der Waals surface area contributed by atoms with Crippen molar-refractivity contribution in [2.45, 2.75) is 0 Å². The average molecular weight is 228 g/mol. The number of aromatic nitrogens is 2. The normalized spacial score (nSPS) is 11.1. The predicted molar refractivity (Wildman–Crippen MR) is 62.2 cm³/mol. The van der Waals surface area contributed by atoms with Gasteiger partial charge in [-0.05, 0) is 24.3 Å². The van der Waals surface area contributed by atoms with Crippen LogP contribution in [0.25, 0.3) is 21.8 Å². The Morgan fingerprint density at radius 2 is 2.06 bits per heavy atom. The molecule has 2 aromatic heterocycles. The molecule has 17 heavy (non-hydrogen) atoms. The number of hydrogen-bond acceptors (Lipinski definition) is 3. The first-order chi connectivity index (χ1) is 8.16. The van der Waals surface area contributed by atoms with Crippen molar-refractivity contribution in [3.05, 3.63) is 36.2 Å². The van der Waals surface area contributed by atoms with Crippen LogP contribution < -0.4 is 0 Å². The molecule has 0 radical (unpaired) electrons. The lowest BCUT2D eigenvalue weighted by Crippen LogP contribution is -2.00. The van der Waals surface area contributed by atoms with Gasteiger partial charge < -0.3 is 15.2 Å². The van der Waals surface area contributed by atoms with Crippen molar-refractivity contribution in [2.24, 2.45) is 0 Å². The number of carboxylic acid groups (broad SMARTS) is 1. The van der Waals surface area contributed by atoms with E-state index in [0.717, 1.165) is 16.3 Å². The lowest BCUT2D eigenvalue weighted by molar-refractivity contribution is 0.0692. The number of fused-ring (bicyclic) bond motifs is 3. The first-order valence-corrected chi connectivity index (χ1v) is 4.99. The van der Waals surface area contributed by atoms with E-state index < -0.39 is 5.97 Å². The van der Waals surface area contributed by atoms with E-state index in [1.807, 2.05) is 0 Å². The third kappa shape index (κ3) is 1.32. The maximum absolute atomic E-state index is 11.0. The van der Waals surface area contributed by atoms with Crippen molar-refractivity contribution in [1.29, 1.82) is 0 Å². The smallest absolute Gasteiger partial charge is 0.356 e. The Kier molecular flexibility index (Phi) is 1.82. The fourth-order valence-corrected chi connectivity index (χ4v) is 1.97. The molecular weight excluding hydrogens is 220 g/mol. The fourth-order valence-electron chi connectivity index (χ4n) is 1.97. The number of aromatic hydroxyl groups is 1. The lowest BCUT2D eigenvalue weighted by Gasteiger charge is -1.95. The Bertz CT molecular complexity index is 746. The predicted octanol–water partition coefficient (Wildman–Crippen LogP) is 2.12. The van der Waals surface area contributed by atoms with E-state index >= 15 is 0 Å². The molecule has 0 saturated heterocycles. The minimum absolute atomic E-state index is 0.0156. The van der Waals surface area contributed by atoms with Gasteiger partial charge in [-0.3, -0.25) is 0 Å². The number of aromatic carboxylic acids is 1. The number of nitrogens with one attached hydrogen (secondary N) is 1. The summed E-state index contributed by atoms with van der Waals surface area (Å²) in [7, 11) is 0. The number of H-pyrrole nitrogens is 1. The van der Waals surface area contributed by atoms with Crippen LogP contribution in [0.5, 0.6) is 5.75 Å². The monoisotopic (exact) mass is 228 g/mol. The average Bonchev–Trinajstić information content (AvgIpc) is 2.66. The minimum atomic E-state index is -1.08. The zero-order valence-corrected chi connectivity index (χ0v) is 8.64. The van der Waals surface area contributed by atoms with Gasteiger partial charge in [-0.2, -0.15) is 0 Å². The maximum atomic E-state index is 11.0. The van der Waals surface area contributed by atoms with Gasteiger partial charge in [0.05, 0.1) is 5.52 Å².